The molecule has 0 atom stereocenters. The van der Waals surface area contributed by atoms with Gasteiger partial charge in [-0.15, -0.1) is 11.3 Å². The number of carbonyl (C=O) groups excluding carboxylic acids is 1. The van der Waals surface area contributed by atoms with Crippen LogP contribution in [0.3, 0.4) is 0 Å². The molecule has 1 fully saturated rings. The lowest BCUT2D eigenvalue weighted by molar-refractivity contribution is 0.0606. The number of anilines is 1. The Kier molecular flexibility index (Phi) is 7.15. The average molecular weight is 490 g/mol. The molecular weight excluding hydrogens is 466 g/mol. The van der Waals surface area contributed by atoms with Crippen molar-refractivity contribution in [1.82, 2.24) is 9.80 Å². The largest absolute Gasteiger partial charge is 0.497 e. The van der Waals surface area contributed by atoms with Gasteiger partial charge in [0.2, 0.25) is 0 Å². The molecule has 0 radical (unpaired) electrons. The van der Waals surface area contributed by atoms with E-state index in [1.54, 1.807) is 7.11 Å². The van der Waals surface area contributed by atoms with E-state index in [4.69, 9.17) is 33.3 Å². The minimum Gasteiger partial charge on any atom is -0.497 e. The molecule has 2 heterocycles. The Bertz CT molecular complexity index is 1140. The fourth-order valence-electron chi connectivity index (χ4n) is 3.71. The van der Waals surface area contributed by atoms with Gasteiger partial charge in [0, 0.05) is 48.5 Å². The number of fused-ring (bicyclic) bond motifs is 1. The third-order valence-electron chi connectivity index (χ3n) is 5.45. The van der Waals surface area contributed by atoms with Crippen molar-refractivity contribution in [2.75, 3.05) is 45.7 Å². The second-order valence-electron chi connectivity index (χ2n) is 7.49. The first-order chi connectivity index (χ1) is 15.5. The van der Waals surface area contributed by atoms with Gasteiger partial charge >= 0.3 is 5.97 Å². The number of thiocarbonyl (C=S) groups is 1. The first-order valence-corrected chi connectivity index (χ1v) is 11.8. The third kappa shape index (κ3) is 4.99. The van der Waals surface area contributed by atoms with Crippen molar-refractivity contribution in [3.05, 3.63) is 57.9 Å². The number of piperazine rings is 1. The lowest BCUT2D eigenvalue weighted by Crippen LogP contribution is -2.49. The van der Waals surface area contributed by atoms with Gasteiger partial charge in [-0.25, -0.2) is 4.79 Å². The molecule has 0 spiro atoms. The number of methoxy groups -OCH3 is 2. The number of halogens is 1. The molecule has 3 aromatic rings. The summed E-state index contributed by atoms with van der Waals surface area (Å²) < 4.78 is 11.0. The van der Waals surface area contributed by atoms with Crippen LogP contribution in [0.4, 0.5) is 5.69 Å². The number of hydrogen-bond donors (Lipinski definition) is 1. The van der Waals surface area contributed by atoms with Crippen LogP contribution in [-0.2, 0) is 11.3 Å². The minimum atomic E-state index is -0.423. The van der Waals surface area contributed by atoms with Crippen LogP contribution in [0, 0.1) is 0 Å². The fraction of sp³-hybridized carbons (Fsp3) is 0.304. The van der Waals surface area contributed by atoms with E-state index in [0.29, 0.717) is 15.0 Å². The van der Waals surface area contributed by atoms with Crippen LogP contribution in [-0.4, -0.2) is 61.3 Å². The Labute approximate surface area is 201 Å². The van der Waals surface area contributed by atoms with Gasteiger partial charge in [-0.05, 0) is 48.1 Å². The standard InChI is InChI=1S/C23H24ClN3O3S2/c1-29-17-5-3-4-15(12-17)14-26-8-10-27(11-9-26)23(31)25-16-6-7-18-19(13-16)32-21(20(18)24)22(28)30-2/h3-7,12-13H,8-11,14H2,1-2H3,(H,25,31). The van der Waals surface area contributed by atoms with Gasteiger partial charge < -0.3 is 19.7 Å². The summed E-state index contributed by atoms with van der Waals surface area (Å²) in [5.74, 6) is 0.460. The maximum absolute atomic E-state index is 11.9. The van der Waals surface area contributed by atoms with Crippen molar-refractivity contribution >= 4 is 62.0 Å². The molecular formula is C23H24ClN3O3S2. The number of ether oxygens (including phenoxy) is 2. The first kappa shape index (κ1) is 22.8. The molecule has 9 heteroatoms. The second kappa shape index (κ2) is 10.0. The van der Waals surface area contributed by atoms with Crippen LogP contribution in [0.15, 0.2) is 42.5 Å². The van der Waals surface area contributed by atoms with Gasteiger partial charge in [-0.3, -0.25) is 4.90 Å². The van der Waals surface area contributed by atoms with Crippen LogP contribution >= 0.6 is 35.2 Å². The van der Waals surface area contributed by atoms with Gasteiger partial charge in [-0.2, -0.15) is 0 Å². The van der Waals surface area contributed by atoms with E-state index >= 15 is 0 Å². The van der Waals surface area contributed by atoms with Crippen molar-refractivity contribution in [3.8, 4) is 5.75 Å². The van der Waals surface area contributed by atoms with Crippen molar-refractivity contribution in [2.24, 2.45) is 0 Å². The highest BCUT2D eigenvalue weighted by atomic mass is 35.5. The number of rotatable bonds is 5. The molecule has 1 aromatic heterocycles. The molecule has 4 rings (SSSR count). The number of nitrogens with zero attached hydrogens (tertiary/aromatic N) is 2. The second-order valence-corrected chi connectivity index (χ2v) is 9.31. The molecule has 168 valence electrons. The number of hydrogen-bond acceptors (Lipinski definition) is 6. The van der Waals surface area contributed by atoms with E-state index in [9.17, 15) is 4.79 Å². The van der Waals surface area contributed by atoms with E-state index in [1.165, 1.54) is 24.0 Å². The molecule has 32 heavy (non-hydrogen) atoms. The van der Waals surface area contributed by atoms with Crippen LogP contribution in [0.1, 0.15) is 15.2 Å². The first-order valence-electron chi connectivity index (χ1n) is 10.2. The molecule has 0 amide bonds. The molecule has 1 N–H and O–H groups in total. The maximum Gasteiger partial charge on any atom is 0.349 e. The predicted molar refractivity (Wildman–Crippen MR) is 134 cm³/mol. The van der Waals surface area contributed by atoms with Crippen LogP contribution in [0.25, 0.3) is 10.1 Å². The number of esters is 1. The summed E-state index contributed by atoms with van der Waals surface area (Å²) in [6.07, 6.45) is 0. The Morgan fingerprint density at radius 1 is 1.16 bits per heavy atom. The Hall–Kier alpha value is -2.39. The Balaban J connectivity index is 1.35. The zero-order chi connectivity index (χ0) is 22.7. The maximum atomic E-state index is 11.9. The lowest BCUT2D eigenvalue weighted by atomic mass is 10.2. The number of carbonyl (C=O) groups is 1. The van der Waals surface area contributed by atoms with Crippen molar-refractivity contribution in [2.45, 2.75) is 6.54 Å². The molecule has 1 aliphatic heterocycles. The van der Waals surface area contributed by atoms with Gasteiger partial charge in [0.1, 0.15) is 10.6 Å². The summed E-state index contributed by atoms with van der Waals surface area (Å²) in [7, 11) is 3.04. The summed E-state index contributed by atoms with van der Waals surface area (Å²) in [4.78, 5) is 16.9. The summed E-state index contributed by atoms with van der Waals surface area (Å²) in [6, 6.07) is 14.0. The molecule has 0 saturated carbocycles. The van der Waals surface area contributed by atoms with Crippen LogP contribution in [0.2, 0.25) is 5.02 Å². The topological polar surface area (TPSA) is 54.0 Å². The summed E-state index contributed by atoms with van der Waals surface area (Å²) in [5.41, 5.74) is 2.11. The van der Waals surface area contributed by atoms with Gasteiger partial charge in [0.05, 0.1) is 19.2 Å². The van der Waals surface area contributed by atoms with Crippen molar-refractivity contribution in [1.29, 1.82) is 0 Å². The van der Waals surface area contributed by atoms with Gasteiger partial charge in [-0.1, -0.05) is 23.7 Å². The predicted octanol–water partition coefficient (Wildman–Crippen LogP) is 4.86. The SMILES string of the molecule is COC(=O)c1sc2cc(NC(=S)N3CCN(Cc4cccc(OC)c4)CC3)ccc2c1Cl. The summed E-state index contributed by atoms with van der Waals surface area (Å²) >= 11 is 13.3. The highest BCUT2D eigenvalue weighted by molar-refractivity contribution is 7.80. The monoisotopic (exact) mass is 489 g/mol. The molecule has 0 unspecified atom stereocenters. The number of benzene rings is 2. The van der Waals surface area contributed by atoms with Gasteiger partial charge in [0.15, 0.2) is 5.11 Å². The molecule has 0 bridgehead atoms. The van der Waals surface area contributed by atoms with Crippen LogP contribution in [0.5, 0.6) is 5.75 Å². The Morgan fingerprint density at radius 2 is 1.94 bits per heavy atom. The smallest absolute Gasteiger partial charge is 0.349 e. The molecule has 1 saturated heterocycles. The molecule has 1 aliphatic rings. The quantitative estimate of drug-likeness (QED) is 0.405. The summed E-state index contributed by atoms with van der Waals surface area (Å²) in [5, 5.41) is 5.28. The van der Waals surface area contributed by atoms with E-state index < -0.39 is 5.97 Å². The lowest BCUT2D eigenvalue weighted by Gasteiger charge is -2.36. The van der Waals surface area contributed by atoms with E-state index in [1.807, 2.05) is 30.3 Å². The third-order valence-corrected chi connectivity index (χ3v) is 7.45. The van der Waals surface area contributed by atoms with Crippen molar-refractivity contribution in [3.63, 3.8) is 0 Å². The average Bonchev–Trinajstić information content (AvgIpc) is 3.14. The number of nitrogens with one attached hydrogen (secondary N) is 1. The van der Waals surface area contributed by atoms with E-state index in [2.05, 4.69) is 27.2 Å². The number of thiophene rings is 1. The fourth-order valence-corrected chi connectivity index (χ4v) is 5.47. The molecule has 2 aromatic carbocycles. The minimum absolute atomic E-state index is 0.413. The summed E-state index contributed by atoms with van der Waals surface area (Å²) in [6.45, 7) is 4.47. The van der Waals surface area contributed by atoms with E-state index in [0.717, 1.165) is 54.2 Å². The molecule has 0 aliphatic carbocycles. The normalized spacial score (nSPS) is 14.4. The van der Waals surface area contributed by atoms with Gasteiger partial charge in [0.25, 0.3) is 0 Å². The highest BCUT2D eigenvalue weighted by Crippen LogP contribution is 2.37. The zero-order valence-electron chi connectivity index (χ0n) is 17.9. The van der Waals surface area contributed by atoms with Crippen molar-refractivity contribution < 1.29 is 14.3 Å². The Morgan fingerprint density at radius 3 is 2.66 bits per heavy atom. The highest BCUT2D eigenvalue weighted by Gasteiger charge is 2.21. The van der Waals surface area contributed by atoms with E-state index in [-0.39, 0.29) is 0 Å². The van der Waals surface area contributed by atoms with Crippen LogP contribution < -0.4 is 10.1 Å². The molecule has 6 nitrogen and oxygen atoms in total. The zero-order valence-corrected chi connectivity index (χ0v) is 20.3.